The number of carbonyl (C=O) groups excluding carboxylic acids is 1. The van der Waals surface area contributed by atoms with Crippen molar-refractivity contribution >= 4 is 28.2 Å². The number of nitrogen functional groups attached to an aromatic ring is 1. The van der Waals surface area contributed by atoms with Crippen molar-refractivity contribution in [3.05, 3.63) is 4.88 Å². The number of anilines is 2. The summed E-state index contributed by atoms with van der Waals surface area (Å²) in [5.41, 5.74) is 5.71. The maximum absolute atomic E-state index is 11.8. The summed E-state index contributed by atoms with van der Waals surface area (Å²) >= 11 is 1.29. The fourth-order valence-corrected chi connectivity index (χ4v) is 2.00. The van der Waals surface area contributed by atoms with Gasteiger partial charge in [-0.15, -0.1) is 5.92 Å². The summed E-state index contributed by atoms with van der Waals surface area (Å²) in [6.45, 7) is 4.87. The van der Waals surface area contributed by atoms with Crippen molar-refractivity contribution in [3.8, 4) is 11.8 Å². The van der Waals surface area contributed by atoms with Crippen LogP contribution in [0.25, 0.3) is 0 Å². The number of nitrogens with one attached hydrogen (secondary N) is 1. The topological polar surface area (TPSA) is 71.2 Å². The number of aromatic nitrogens is 1. The fraction of sp³-hybridized carbons (Fsp3) is 0.455. The number of hydrogen-bond donors (Lipinski definition) is 2. The van der Waals surface area contributed by atoms with Crippen molar-refractivity contribution in [1.82, 2.24) is 10.3 Å². The van der Waals surface area contributed by atoms with Crippen LogP contribution in [0.5, 0.6) is 0 Å². The van der Waals surface area contributed by atoms with Crippen LogP contribution in [0, 0.1) is 11.8 Å². The quantitative estimate of drug-likeness (QED) is 0.782. The molecule has 0 aliphatic rings. The Balaban J connectivity index is 2.79. The molecule has 0 aliphatic carbocycles. The molecule has 0 aliphatic heterocycles. The van der Waals surface area contributed by atoms with E-state index in [9.17, 15) is 4.79 Å². The average molecular weight is 252 g/mol. The zero-order valence-electron chi connectivity index (χ0n) is 10.2. The third-order valence-corrected chi connectivity index (χ3v) is 3.35. The van der Waals surface area contributed by atoms with Gasteiger partial charge in [-0.1, -0.05) is 17.3 Å². The Morgan fingerprint density at radius 2 is 2.35 bits per heavy atom. The Labute approximate surface area is 105 Å². The van der Waals surface area contributed by atoms with Crippen LogP contribution in [0.1, 0.15) is 23.5 Å². The highest BCUT2D eigenvalue weighted by Gasteiger charge is 2.16. The van der Waals surface area contributed by atoms with Gasteiger partial charge in [0.15, 0.2) is 5.13 Å². The lowest BCUT2D eigenvalue weighted by Gasteiger charge is -2.10. The molecular formula is C11H16N4OS. The van der Waals surface area contributed by atoms with Crippen LogP contribution in [0.4, 0.5) is 10.9 Å². The van der Waals surface area contributed by atoms with Crippen LogP contribution < -0.4 is 16.0 Å². The van der Waals surface area contributed by atoms with Gasteiger partial charge in [0.2, 0.25) is 0 Å². The molecule has 5 nitrogen and oxygen atoms in total. The number of thiazole rings is 1. The van der Waals surface area contributed by atoms with E-state index in [0.29, 0.717) is 11.4 Å². The van der Waals surface area contributed by atoms with Crippen molar-refractivity contribution in [2.24, 2.45) is 0 Å². The second-order valence-electron chi connectivity index (χ2n) is 3.33. The van der Waals surface area contributed by atoms with Crippen molar-refractivity contribution in [2.75, 3.05) is 30.8 Å². The standard InChI is InChI=1S/C11H16N4OS/c1-4-6-7-13-10(16)8-9(12)14-11(17-8)15(3)5-2/h5,7,12H2,1-3H3,(H,13,16). The largest absolute Gasteiger partial charge is 0.382 e. The predicted octanol–water partition coefficient (Wildman–Crippen LogP) is 0.935. The summed E-state index contributed by atoms with van der Waals surface area (Å²) in [5.74, 6) is 5.51. The molecule has 0 saturated heterocycles. The Morgan fingerprint density at radius 3 is 2.94 bits per heavy atom. The minimum atomic E-state index is -0.224. The molecule has 0 fully saturated rings. The maximum Gasteiger partial charge on any atom is 0.266 e. The number of amides is 1. The van der Waals surface area contributed by atoms with Crippen molar-refractivity contribution < 1.29 is 4.79 Å². The van der Waals surface area contributed by atoms with Crippen LogP contribution in [-0.2, 0) is 0 Å². The second kappa shape index (κ2) is 6.11. The highest BCUT2D eigenvalue weighted by atomic mass is 32.1. The lowest BCUT2D eigenvalue weighted by molar-refractivity contribution is 0.0963. The van der Waals surface area contributed by atoms with E-state index < -0.39 is 0 Å². The van der Waals surface area contributed by atoms with Gasteiger partial charge < -0.3 is 16.0 Å². The van der Waals surface area contributed by atoms with E-state index in [1.165, 1.54) is 11.3 Å². The summed E-state index contributed by atoms with van der Waals surface area (Å²) in [6, 6.07) is 0. The number of nitrogens with two attached hydrogens (primary N) is 1. The van der Waals surface area contributed by atoms with Gasteiger partial charge in [-0.2, -0.15) is 0 Å². The highest BCUT2D eigenvalue weighted by Crippen LogP contribution is 2.26. The first kappa shape index (κ1) is 13.3. The Morgan fingerprint density at radius 1 is 1.65 bits per heavy atom. The average Bonchev–Trinajstić information content (AvgIpc) is 2.70. The van der Waals surface area contributed by atoms with E-state index in [-0.39, 0.29) is 11.7 Å². The van der Waals surface area contributed by atoms with E-state index in [2.05, 4.69) is 22.1 Å². The molecule has 3 N–H and O–H groups in total. The van der Waals surface area contributed by atoms with E-state index in [4.69, 9.17) is 5.73 Å². The lowest BCUT2D eigenvalue weighted by atomic mass is 10.4. The van der Waals surface area contributed by atoms with E-state index in [0.717, 1.165) is 11.7 Å². The molecule has 0 atom stereocenters. The molecule has 0 bridgehead atoms. The van der Waals surface area contributed by atoms with Crippen molar-refractivity contribution in [1.29, 1.82) is 0 Å². The van der Waals surface area contributed by atoms with Gasteiger partial charge in [0.05, 0.1) is 6.54 Å². The number of carbonyl (C=O) groups is 1. The van der Waals surface area contributed by atoms with E-state index in [1.807, 2.05) is 18.9 Å². The van der Waals surface area contributed by atoms with Crippen molar-refractivity contribution in [2.45, 2.75) is 13.8 Å². The molecule has 17 heavy (non-hydrogen) atoms. The van der Waals surface area contributed by atoms with Crippen LogP contribution >= 0.6 is 11.3 Å². The summed E-state index contributed by atoms with van der Waals surface area (Å²) in [4.78, 5) is 18.3. The van der Waals surface area contributed by atoms with Crippen LogP contribution in [-0.4, -0.2) is 31.0 Å². The molecule has 0 spiro atoms. The molecule has 1 amide bonds. The third kappa shape index (κ3) is 3.36. The SMILES string of the molecule is CC#CCNC(=O)c1sc(N(C)CC)nc1N. The molecule has 92 valence electrons. The summed E-state index contributed by atoms with van der Waals surface area (Å²) in [7, 11) is 1.91. The van der Waals surface area contributed by atoms with Gasteiger partial charge in [0.25, 0.3) is 5.91 Å². The minimum absolute atomic E-state index is 0.224. The van der Waals surface area contributed by atoms with Gasteiger partial charge in [-0.25, -0.2) is 4.98 Å². The van der Waals surface area contributed by atoms with E-state index >= 15 is 0 Å². The van der Waals surface area contributed by atoms with Crippen LogP contribution in [0.15, 0.2) is 0 Å². The molecular weight excluding hydrogens is 236 g/mol. The zero-order valence-corrected chi connectivity index (χ0v) is 11.0. The van der Waals surface area contributed by atoms with Gasteiger partial charge >= 0.3 is 0 Å². The van der Waals surface area contributed by atoms with Gasteiger partial charge in [0, 0.05) is 13.6 Å². The Bertz CT molecular complexity index is 458. The Kier molecular flexibility index (Phi) is 4.79. The molecule has 0 unspecified atom stereocenters. The first-order chi connectivity index (χ1) is 8.10. The van der Waals surface area contributed by atoms with Crippen LogP contribution in [0.3, 0.4) is 0 Å². The number of rotatable bonds is 4. The number of hydrogen-bond acceptors (Lipinski definition) is 5. The first-order valence-corrected chi connectivity index (χ1v) is 6.07. The Hall–Kier alpha value is -1.74. The zero-order chi connectivity index (χ0) is 12.8. The summed E-state index contributed by atoms with van der Waals surface area (Å²) < 4.78 is 0. The van der Waals surface area contributed by atoms with Gasteiger partial charge in [-0.3, -0.25) is 4.79 Å². The highest BCUT2D eigenvalue weighted by molar-refractivity contribution is 7.18. The molecule has 1 heterocycles. The number of nitrogens with zero attached hydrogens (tertiary/aromatic N) is 2. The third-order valence-electron chi connectivity index (χ3n) is 2.16. The first-order valence-electron chi connectivity index (χ1n) is 5.25. The lowest BCUT2D eigenvalue weighted by Crippen LogP contribution is -2.23. The van der Waals surface area contributed by atoms with Crippen LogP contribution in [0.2, 0.25) is 0 Å². The van der Waals surface area contributed by atoms with Crippen molar-refractivity contribution in [3.63, 3.8) is 0 Å². The van der Waals surface area contributed by atoms with Gasteiger partial charge in [0.1, 0.15) is 10.7 Å². The smallest absolute Gasteiger partial charge is 0.266 e. The minimum Gasteiger partial charge on any atom is -0.382 e. The summed E-state index contributed by atoms with van der Waals surface area (Å²) in [5, 5.41) is 3.42. The predicted molar refractivity (Wildman–Crippen MR) is 71.3 cm³/mol. The molecule has 1 aromatic heterocycles. The maximum atomic E-state index is 11.8. The summed E-state index contributed by atoms with van der Waals surface area (Å²) in [6.07, 6.45) is 0. The van der Waals surface area contributed by atoms with Gasteiger partial charge in [-0.05, 0) is 13.8 Å². The van der Waals surface area contributed by atoms with E-state index in [1.54, 1.807) is 6.92 Å². The normalized spacial score (nSPS) is 9.35. The fourth-order valence-electron chi connectivity index (χ4n) is 1.07. The second-order valence-corrected chi connectivity index (χ2v) is 4.31. The molecule has 0 radical (unpaired) electrons. The molecule has 6 heteroatoms. The molecule has 1 aromatic rings. The molecule has 1 rings (SSSR count). The molecule has 0 aromatic carbocycles. The molecule has 0 saturated carbocycles. The monoisotopic (exact) mass is 252 g/mol.